The summed E-state index contributed by atoms with van der Waals surface area (Å²) in [6.45, 7) is 15.5. The zero-order valence-corrected chi connectivity index (χ0v) is 16.9. The lowest BCUT2D eigenvalue weighted by atomic mass is 9.49. The second-order valence-electron chi connectivity index (χ2n) is 9.11. The third kappa shape index (κ3) is 3.77. The van der Waals surface area contributed by atoms with E-state index >= 15 is 0 Å². The van der Waals surface area contributed by atoms with Crippen LogP contribution in [0.3, 0.4) is 0 Å². The Hall–Kier alpha value is -2.29. The minimum atomic E-state index is -0.540. The summed E-state index contributed by atoms with van der Waals surface area (Å²) < 4.78 is 11.6. The number of carbonyl (C=O) groups excluding carboxylic acids is 1. The summed E-state index contributed by atoms with van der Waals surface area (Å²) in [4.78, 5) is 16.6. The first-order chi connectivity index (χ1) is 11.8. The number of rotatable bonds is 3. The molecule has 1 aromatic heterocycles. The molecule has 0 aromatic carbocycles. The molecule has 2 rings (SSSR count). The Morgan fingerprint density at radius 3 is 2.27 bits per heavy atom. The van der Waals surface area contributed by atoms with Gasteiger partial charge in [0, 0.05) is 22.9 Å². The van der Waals surface area contributed by atoms with Crippen LogP contribution in [0.1, 0.15) is 59.7 Å². The van der Waals surface area contributed by atoms with E-state index < -0.39 is 11.7 Å². The highest BCUT2D eigenvalue weighted by atomic mass is 16.6. The van der Waals surface area contributed by atoms with Crippen LogP contribution < -0.4 is 10.1 Å². The molecule has 6 heteroatoms. The summed E-state index contributed by atoms with van der Waals surface area (Å²) in [6.07, 6.45) is -0.566. The molecule has 1 heterocycles. The van der Waals surface area contributed by atoms with Crippen molar-refractivity contribution in [3.63, 3.8) is 0 Å². The lowest BCUT2D eigenvalue weighted by Crippen LogP contribution is -2.75. The van der Waals surface area contributed by atoms with Crippen molar-refractivity contribution < 1.29 is 14.3 Å². The van der Waals surface area contributed by atoms with Gasteiger partial charge < -0.3 is 14.8 Å². The molecular weight excluding hydrogens is 330 g/mol. The zero-order chi connectivity index (χ0) is 19.9. The maximum absolute atomic E-state index is 12.2. The third-order valence-electron chi connectivity index (χ3n) is 4.92. The Balaban J connectivity index is 2.14. The number of aromatic nitrogens is 1. The molecule has 0 unspecified atom stereocenters. The number of alkyl carbamates (subject to hydrolysis) is 1. The van der Waals surface area contributed by atoms with Gasteiger partial charge in [-0.05, 0) is 33.8 Å². The fourth-order valence-electron chi connectivity index (χ4n) is 4.07. The van der Waals surface area contributed by atoms with Crippen LogP contribution in [0.15, 0.2) is 12.1 Å². The van der Waals surface area contributed by atoms with Gasteiger partial charge in [-0.25, -0.2) is 9.78 Å². The molecule has 1 aliphatic carbocycles. The predicted molar refractivity (Wildman–Crippen MR) is 98.8 cm³/mol. The summed E-state index contributed by atoms with van der Waals surface area (Å²) >= 11 is 0. The van der Waals surface area contributed by atoms with Gasteiger partial charge >= 0.3 is 6.09 Å². The molecule has 1 aromatic rings. The fraction of sp³-hybridized carbons (Fsp3) is 0.650. The van der Waals surface area contributed by atoms with Crippen molar-refractivity contribution in [2.75, 3.05) is 0 Å². The van der Waals surface area contributed by atoms with Crippen LogP contribution in [0.25, 0.3) is 0 Å². The number of pyridine rings is 1. The minimum absolute atomic E-state index is 0.102. The van der Waals surface area contributed by atoms with Crippen LogP contribution in [0.5, 0.6) is 5.88 Å². The molecule has 0 saturated heterocycles. The van der Waals surface area contributed by atoms with Crippen molar-refractivity contribution in [3.8, 4) is 11.9 Å². The Bertz CT molecular complexity index is 726. The van der Waals surface area contributed by atoms with Gasteiger partial charge in [0.05, 0.1) is 11.3 Å². The summed E-state index contributed by atoms with van der Waals surface area (Å²) in [5.41, 5.74) is 0.0349. The van der Waals surface area contributed by atoms with E-state index in [0.29, 0.717) is 17.1 Å². The van der Waals surface area contributed by atoms with E-state index in [1.807, 2.05) is 20.8 Å². The third-order valence-corrected chi connectivity index (χ3v) is 4.92. The maximum atomic E-state index is 12.2. The average molecular weight is 359 g/mol. The number of ether oxygens (including phenoxy) is 2. The first-order valence-electron chi connectivity index (χ1n) is 8.83. The standard InChI is InChI=1S/C20H29N3O3/c1-12-13(11-21)9-10-14(22-12)25-16-19(5,6)15(20(16,7)8)23-17(24)26-18(2,3)4/h9-10,15-16H,1-8H3,(H,23,24). The smallest absolute Gasteiger partial charge is 0.407 e. The molecule has 1 amide bonds. The van der Waals surface area contributed by atoms with Crippen molar-refractivity contribution in [3.05, 3.63) is 23.4 Å². The largest absolute Gasteiger partial charge is 0.473 e. The topological polar surface area (TPSA) is 84.2 Å². The van der Waals surface area contributed by atoms with Crippen molar-refractivity contribution >= 4 is 6.09 Å². The molecule has 0 bridgehead atoms. The van der Waals surface area contributed by atoms with E-state index in [-0.39, 0.29) is 23.0 Å². The maximum Gasteiger partial charge on any atom is 0.407 e. The van der Waals surface area contributed by atoms with Gasteiger partial charge in [0.2, 0.25) is 5.88 Å². The second kappa shape index (κ2) is 6.46. The minimum Gasteiger partial charge on any atom is -0.473 e. The van der Waals surface area contributed by atoms with Gasteiger partial charge in [-0.15, -0.1) is 0 Å². The summed E-state index contributed by atoms with van der Waals surface area (Å²) in [5, 5.41) is 12.0. The van der Waals surface area contributed by atoms with E-state index in [1.54, 1.807) is 19.1 Å². The monoisotopic (exact) mass is 359 g/mol. The van der Waals surface area contributed by atoms with Gasteiger partial charge in [0.15, 0.2) is 0 Å². The highest BCUT2D eigenvalue weighted by Gasteiger charge is 2.64. The quantitative estimate of drug-likeness (QED) is 0.883. The lowest BCUT2D eigenvalue weighted by Gasteiger charge is -2.62. The number of nitriles is 1. The molecule has 1 fully saturated rings. The number of nitrogens with zero attached hydrogens (tertiary/aromatic N) is 2. The van der Waals surface area contributed by atoms with E-state index in [9.17, 15) is 4.79 Å². The Morgan fingerprint density at radius 2 is 1.81 bits per heavy atom. The number of carbonyl (C=O) groups is 1. The van der Waals surface area contributed by atoms with Gasteiger partial charge in [0.1, 0.15) is 17.8 Å². The van der Waals surface area contributed by atoms with E-state index in [2.05, 4.69) is 44.1 Å². The molecule has 1 N–H and O–H groups in total. The SMILES string of the molecule is Cc1nc(OC2C(C)(C)C(NC(=O)OC(C)(C)C)C2(C)C)ccc1C#N. The molecule has 142 valence electrons. The van der Waals surface area contributed by atoms with Crippen LogP contribution in [0.4, 0.5) is 4.79 Å². The van der Waals surface area contributed by atoms with Crippen LogP contribution in [0, 0.1) is 29.1 Å². The Labute approximate surface area is 155 Å². The van der Waals surface area contributed by atoms with Gasteiger partial charge in [-0.2, -0.15) is 5.26 Å². The average Bonchev–Trinajstić information content (AvgIpc) is 2.48. The number of nitrogens with one attached hydrogen (secondary N) is 1. The van der Waals surface area contributed by atoms with E-state index in [4.69, 9.17) is 14.7 Å². The van der Waals surface area contributed by atoms with E-state index in [0.717, 1.165) is 0 Å². The number of hydrogen-bond acceptors (Lipinski definition) is 5. The Kier molecular flexibility index (Phi) is 4.97. The zero-order valence-electron chi connectivity index (χ0n) is 16.9. The molecule has 6 nitrogen and oxygen atoms in total. The molecule has 0 radical (unpaired) electrons. The number of aryl methyl sites for hydroxylation is 1. The fourth-order valence-corrected chi connectivity index (χ4v) is 4.07. The van der Waals surface area contributed by atoms with Gasteiger partial charge in [0.25, 0.3) is 0 Å². The van der Waals surface area contributed by atoms with E-state index in [1.165, 1.54) is 0 Å². The van der Waals surface area contributed by atoms with Crippen LogP contribution >= 0.6 is 0 Å². The molecule has 0 atom stereocenters. The number of amides is 1. The van der Waals surface area contributed by atoms with Gasteiger partial charge in [-0.3, -0.25) is 0 Å². The number of hydrogen-bond donors (Lipinski definition) is 1. The predicted octanol–water partition coefficient (Wildman–Crippen LogP) is 3.97. The second-order valence-corrected chi connectivity index (χ2v) is 9.11. The van der Waals surface area contributed by atoms with Crippen molar-refractivity contribution in [1.82, 2.24) is 10.3 Å². The molecule has 26 heavy (non-hydrogen) atoms. The highest BCUT2D eigenvalue weighted by molar-refractivity contribution is 5.68. The molecule has 1 aliphatic rings. The van der Waals surface area contributed by atoms with Crippen molar-refractivity contribution in [2.24, 2.45) is 10.8 Å². The van der Waals surface area contributed by atoms with Crippen LogP contribution in [0.2, 0.25) is 0 Å². The van der Waals surface area contributed by atoms with Crippen LogP contribution in [-0.4, -0.2) is 28.8 Å². The molecular formula is C20H29N3O3. The first-order valence-corrected chi connectivity index (χ1v) is 8.83. The van der Waals surface area contributed by atoms with Crippen LogP contribution in [-0.2, 0) is 4.74 Å². The first kappa shape index (κ1) is 20.0. The molecule has 0 spiro atoms. The highest BCUT2D eigenvalue weighted by Crippen LogP contribution is 2.55. The molecule has 1 saturated carbocycles. The Morgan fingerprint density at radius 1 is 1.23 bits per heavy atom. The summed E-state index contributed by atoms with van der Waals surface area (Å²) in [6, 6.07) is 5.43. The van der Waals surface area contributed by atoms with Crippen molar-refractivity contribution in [1.29, 1.82) is 5.26 Å². The summed E-state index contributed by atoms with van der Waals surface area (Å²) in [5.74, 6) is 0.489. The normalized spacial score (nSPS) is 23.3. The van der Waals surface area contributed by atoms with Crippen molar-refractivity contribution in [2.45, 2.75) is 73.1 Å². The lowest BCUT2D eigenvalue weighted by molar-refractivity contribution is -0.168. The molecule has 0 aliphatic heterocycles. The van der Waals surface area contributed by atoms with Gasteiger partial charge in [-0.1, -0.05) is 27.7 Å². The summed E-state index contributed by atoms with van der Waals surface area (Å²) in [7, 11) is 0.